The third-order valence-electron chi connectivity index (χ3n) is 3.60. The lowest BCUT2D eigenvalue weighted by molar-refractivity contribution is 0.170. The van der Waals surface area contributed by atoms with Crippen LogP contribution in [0.3, 0.4) is 0 Å². The highest BCUT2D eigenvalue weighted by Gasteiger charge is 2.15. The predicted molar refractivity (Wildman–Crippen MR) is 80.9 cm³/mol. The number of aromatic amines is 1. The summed E-state index contributed by atoms with van der Waals surface area (Å²) in [6.07, 6.45) is 1.83. The van der Waals surface area contributed by atoms with Gasteiger partial charge in [-0.05, 0) is 18.2 Å². The summed E-state index contributed by atoms with van der Waals surface area (Å²) in [5.41, 5.74) is 3.16. The van der Waals surface area contributed by atoms with E-state index < -0.39 is 0 Å². The fraction of sp³-hybridized carbons (Fsp3) is 0.188. The molecule has 5 nitrogen and oxygen atoms in total. The van der Waals surface area contributed by atoms with Crippen LogP contribution in [-0.2, 0) is 6.54 Å². The van der Waals surface area contributed by atoms with Crippen LogP contribution in [0.5, 0.6) is 11.5 Å². The molecule has 106 valence electrons. The molecule has 2 N–H and O–H groups in total. The van der Waals surface area contributed by atoms with Gasteiger partial charge in [0.15, 0.2) is 11.5 Å². The Morgan fingerprint density at radius 1 is 1.10 bits per heavy atom. The standard InChI is InChI=1S/C16H15N3O2/c1-3-11(16-15(6-1)20-7-8-21-16)9-17-13-4-2-5-14-12(13)10-18-19-14/h1-6,10,17H,7-9H2,(H,18,19). The molecule has 2 heterocycles. The highest BCUT2D eigenvalue weighted by Crippen LogP contribution is 2.34. The molecule has 3 aromatic rings. The monoisotopic (exact) mass is 281 g/mol. The van der Waals surface area contributed by atoms with Gasteiger partial charge in [0, 0.05) is 23.2 Å². The summed E-state index contributed by atoms with van der Waals surface area (Å²) in [5, 5.41) is 11.6. The third-order valence-corrected chi connectivity index (χ3v) is 3.60. The number of rotatable bonds is 3. The number of fused-ring (bicyclic) bond motifs is 2. The van der Waals surface area contributed by atoms with Crippen molar-refractivity contribution in [2.24, 2.45) is 0 Å². The van der Waals surface area contributed by atoms with E-state index in [1.807, 2.05) is 36.5 Å². The minimum Gasteiger partial charge on any atom is -0.486 e. The van der Waals surface area contributed by atoms with Gasteiger partial charge >= 0.3 is 0 Å². The maximum atomic E-state index is 5.73. The molecule has 0 radical (unpaired) electrons. The molecule has 2 aromatic carbocycles. The van der Waals surface area contributed by atoms with E-state index in [1.54, 1.807) is 0 Å². The molecule has 0 unspecified atom stereocenters. The van der Waals surface area contributed by atoms with Gasteiger partial charge in [-0.1, -0.05) is 18.2 Å². The summed E-state index contributed by atoms with van der Waals surface area (Å²) in [7, 11) is 0. The average molecular weight is 281 g/mol. The number of ether oxygens (including phenoxy) is 2. The Bertz CT molecular complexity index is 782. The zero-order valence-electron chi connectivity index (χ0n) is 11.4. The zero-order chi connectivity index (χ0) is 14.1. The number of nitrogens with zero attached hydrogens (tertiary/aromatic N) is 1. The molecule has 5 heteroatoms. The molecule has 0 aliphatic carbocycles. The molecule has 4 rings (SSSR count). The molecule has 1 aliphatic rings. The van der Waals surface area contributed by atoms with Crippen LogP contribution in [0.4, 0.5) is 5.69 Å². The predicted octanol–water partition coefficient (Wildman–Crippen LogP) is 2.95. The Balaban J connectivity index is 1.61. The van der Waals surface area contributed by atoms with Crippen molar-refractivity contribution in [2.75, 3.05) is 18.5 Å². The summed E-state index contributed by atoms with van der Waals surface area (Å²) in [5.74, 6) is 1.66. The number of hydrogen-bond donors (Lipinski definition) is 2. The van der Waals surface area contributed by atoms with Crippen molar-refractivity contribution >= 4 is 16.6 Å². The molecular formula is C16H15N3O2. The van der Waals surface area contributed by atoms with E-state index in [2.05, 4.69) is 21.6 Å². The molecule has 0 fully saturated rings. The van der Waals surface area contributed by atoms with Crippen LogP contribution in [0.1, 0.15) is 5.56 Å². The smallest absolute Gasteiger partial charge is 0.166 e. The molecule has 0 amide bonds. The second kappa shape index (κ2) is 5.01. The molecule has 0 atom stereocenters. The van der Waals surface area contributed by atoms with E-state index >= 15 is 0 Å². The topological polar surface area (TPSA) is 59.2 Å². The van der Waals surface area contributed by atoms with Crippen molar-refractivity contribution < 1.29 is 9.47 Å². The van der Waals surface area contributed by atoms with Crippen LogP contribution < -0.4 is 14.8 Å². The van der Waals surface area contributed by atoms with E-state index in [1.165, 1.54) is 0 Å². The van der Waals surface area contributed by atoms with Crippen LogP contribution in [-0.4, -0.2) is 23.4 Å². The largest absolute Gasteiger partial charge is 0.486 e. The van der Waals surface area contributed by atoms with Gasteiger partial charge < -0.3 is 14.8 Å². The van der Waals surface area contributed by atoms with Crippen molar-refractivity contribution in [1.29, 1.82) is 0 Å². The number of benzene rings is 2. The summed E-state index contributed by atoms with van der Waals surface area (Å²) >= 11 is 0. The van der Waals surface area contributed by atoms with Crippen LogP contribution in [0, 0.1) is 0 Å². The number of para-hydroxylation sites is 1. The van der Waals surface area contributed by atoms with Gasteiger partial charge in [0.1, 0.15) is 13.2 Å². The fourth-order valence-corrected chi connectivity index (χ4v) is 2.59. The Morgan fingerprint density at radius 3 is 3.00 bits per heavy atom. The van der Waals surface area contributed by atoms with Crippen LogP contribution in [0.15, 0.2) is 42.6 Å². The van der Waals surface area contributed by atoms with Gasteiger partial charge in [-0.2, -0.15) is 5.10 Å². The molecule has 0 saturated carbocycles. The third kappa shape index (κ3) is 2.16. The highest BCUT2D eigenvalue weighted by atomic mass is 16.6. The summed E-state index contributed by atoms with van der Waals surface area (Å²) in [6.45, 7) is 1.89. The van der Waals surface area contributed by atoms with E-state index in [0.29, 0.717) is 19.8 Å². The second-order valence-electron chi connectivity index (χ2n) is 4.93. The molecule has 0 saturated heterocycles. The van der Waals surface area contributed by atoms with E-state index in [4.69, 9.17) is 9.47 Å². The Kier molecular flexibility index (Phi) is 2.88. The number of hydrogen-bond acceptors (Lipinski definition) is 4. The first-order valence-corrected chi connectivity index (χ1v) is 6.95. The maximum absolute atomic E-state index is 5.73. The van der Waals surface area contributed by atoms with Gasteiger partial charge in [-0.3, -0.25) is 5.10 Å². The molecule has 0 spiro atoms. The van der Waals surface area contributed by atoms with Crippen LogP contribution in [0.25, 0.3) is 10.9 Å². The first kappa shape index (κ1) is 12.1. The highest BCUT2D eigenvalue weighted by molar-refractivity contribution is 5.90. The lowest BCUT2D eigenvalue weighted by Gasteiger charge is -2.21. The molecule has 21 heavy (non-hydrogen) atoms. The van der Waals surface area contributed by atoms with Gasteiger partial charge in [0.25, 0.3) is 0 Å². The first-order valence-electron chi connectivity index (χ1n) is 6.95. The van der Waals surface area contributed by atoms with Crippen molar-refractivity contribution in [2.45, 2.75) is 6.54 Å². The molecule has 0 bridgehead atoms. The van der Waals surface area contributed by atoms with Crippen molar-refractivity contribution in [1.82, 2.24) is 10.2 Å². The number of anilines is 1. The van der Waals surface area contributed by atoms with Crippen molar-refractivity contribution in [3.05, 3.63) is 48.2 Å². The second-order valence-corrected chi connectivity index (χ2v) is 4.93. The average Bonchev–Trinajstić information content (AvgIpc) is 3.02. The Morgan fingerprint density at radius 2 is 2.00 bits per heavy atom. The zero-order valence-corrected chi connectivity index (χ0v) is 11.4. The number of aromatic nitrogens is 2. The van der Waals surface area contributed by atoms with Crippen LogP contribution in [0.2, 0.25) is 0 Å². The minimum atomic E-state index is 0.599. The molecule has 1 aromatic heterocycles. The fourth-order valence-electron chi connectivity index (χ4n) is 2.59. The Hall–Kier alpha value is -2.69. The summed E-state index contributed by atoms with van der Waals surface area (Å²) in [6, 6.07) is 12.0. The van der Waals surface area contributed by atoms with Gasteiger partial charge in [0.2, 0.25) is 0 Å². The lowest BCUT2D eigenvalue weighted by atomic mass is 10.1. The lowest BCUT2D eigenvalue weighted by Crippen LogP contribution is -2.17. The maximum Gasteiger partial charge on any atom is 0.166 e. The SMILES string of the molecule is c1cc(CNc2cccc3[nH]ncc23)c2c(c1)OCCO2. The van der Waals surface area contributed by atoms with Gasteiger partial charge in [0.05, 0.1) is 11.7 Å². The van der Waals surface area contributed by atoms with E-state index in [-0.39, 0.29) is 0 Å². The molecular weight excluding hydrogens is 266 g/mol. The molecule has 1 aliphatic heterocycles. The Labute approximate surface area is 121 Å². The van der Waals surface area contributed by atoms with Crippen molar-refractivity contribution in [3.8, 4) is 11.5 Å². The van der Waals surface area contributed by atoms with E-state index in [0.717, 1.165) is 33.7 Å². The number of nitrogens with one attached hydrogen (secondary N) is 2. The quantitative estimate of drug-likeness (QED) is 0.775. The van der Waals surface area contributed by atoms with Gasteiger partial charge in [-0.25, -0.2) is 0 Å². The first-order chi connectivity index (χ1) is 10.4. The summed E-state index contributed by atoms with van der Waals surface area (Å²) in [4.78, 5) is 0. The minimum absolute atomic E-state index is 0.599. The number of H-pyrrole nitrogens is 1. The van der Waals surface area contributed by atoms with E-state index in [9.17, 15) is 0 Å². The van der Waals surface area contributed by atoms with Crippen LogP contribution >= 0.6 is 0 Å². The van der Waals surface area contributed by atoms with Crippen molar-refractivity contribution in [3.63, 3.8) is 0 Å². The normalized spacial score (nSPS) is 13.3. The van der Waals surface area contributed by atoms with Gasteiger partial charge in [-0.15, -0.1) is 0 Å². The summed E-state index contributed by atoms with van der Waals surface area (Å²) < 4.78 is 11.3.